The van der Waals surface area contributed by atoms with Gasteiger partial charge >= 0.3 is 5.97 Å². The third-order valence-corrected chi connectivity index (χ3v) is 3.48. The molecule has 0 fully saturated rings. The van der Waals surface area contributed by atoms with E-state index >= 15 is 0 Å². The third kappa shape index (κ3) is 5.24. The monoisotopic (exact) mass is 357 g/mol. The van der Waals surface area contributed by atoms with E-state index in [9.17, 15) is 9.59 Å². The maximum Gasteiger partial charge on any atom is 0.347 e. The van der Waals surface area contributed by atoms with E-state index in [2.05, 4.69) is 5.32 Å². The number of benzene rings is 2. The third-order valence-electron chi connectivity index (χ3n) is 3.48. The summed E-state index contributed by atoms with van der Waals surface area (Å²) in [6, 6.07) is 13.8. The van der Waals surface area contributed by atoms with Gasteiger partial charge in [0.25, 0.3) is 5.91 Å². The summed E-state index contributed by atoms with van der Waals surface area (Å²) in [5.74, 6) is 0.410. The number of carbonyl (C=O) groups excluding carboxylic acids is 2. The van der Waals surface area contributed by atoms with E-state index in [0.29, 0.717) is 36.0 Å². The molecular formula is C20H23NO5. The molecule has 1 N–H and O–H groups in total. The summed E-state index contributed by atoms with van der Waals surface area (Å²) in [4.78, 5) is 24.0. The quantitative estimate of drug-likeness (QED) is 0.730. The molecule has 0 spiro atoms. The standard InChI is InChI=1S/C20H23NO5/c1-4-24-18-9-7-6-8-17(18)21-19(22)15-10-12-16(13-11-15)26-14(3)20(23)25-5-2/h6-14H,4-5H2,1-3H3,(H,21,22)/t14-/m1/s1. The highest BCUT2D eigenvalue weighted by Gasteiger charge is 2.16. The average Bonchev–Trinajstić information content (AvgIpc) is 2.64. The van der Waals surface area contributed by atoms with Crippen molar-refractivity contribution in [1.29, 1.82) is 0 Å². The molecule has 0 saturated carbocycles. The zero-order valence-corrected chi connectivity index (χ0v) is 15.2. The van der Waals surface area contributed by atoms with E-state index in [1.54, 1.807) is 50.2 Å². The lowest BCUT2D eigenvalue weighted by atomic mass is 10.2. The number of para-hydroxylation sites is 2. The summed E-state index contributed by atoms with van der Waals surface area (Å²) in [5.41, 5.74) is 1.07. The Morgan fingerprint density at radius 3 is 2.35 bits per heavy atom. The molecular weight excluding hydrogens is 334 g/mol. The van der Waals surface area contributed by atoms with Gasteiger partial charge in [-0.15, -0.1) is 0 Å². The van der Waals surface area contributed by atoms with E-state index in [-0.39, 0.29) is 5.91 Å². The predicted octanol–water partition coefficient (Wildman–Crippen LogP) is 3.67. The minimum Gasteiger partial charge on any atom is -0.492 e. The zero-order chi connectivity index (χ0) is 18.9. The summed E-state index contributed by atoms with van der Waals surface area (Å²) in [7, 11) is 0. The van der Waals surface area contributed by atoms with Gasteiger partial charge in [-0.25, -0.2) is 4.79 Å². The van der Waals surface area contributed by atoms with Gasteiger partial charge in [-0.05, 0) is 57.2 Å². The van der Waals surface area contributed by atoms with Crippen molar-refractivity contribution >= 4 is 17.6 Å². The van der Waals surface area contributed by atoms with Gasteiger partial charge in [-0.3, -0.25) is 4.79 Å². The molecule has 6 heteroatoms. The van der Waals surface area contributed by atoms with Crippen LogP contribution in [0.4, 0.5) is 5.69 Å². The summed E-state index contributed by atoms with van der Waals surface area (Å²) >= 11 is 0. The fraction of sp³-hybridized carbons (Fsp3) is 0.300. The first kappa shape index (κ1) is 19.3. The van der Waals surface area contributed by atoms with Gasteiger partial charge in [-0.2, -0.15) is 0 Å². The van der Waals surface area contributed by atoms with Crippen LogP contribution in [0, 0.1) is 0 Å². The summed E-state index contributed by atoms with van der Waals surface area (Å²) < 4.78 is 15.9. The number of hydrogen-bond acceptors (Lipinski definition) is 5. The van der Waals surface area contributed by atoms with Crippen molar-refractivity contribution < 1.29 is 23.8 Å². The number of esters is 1. The van der Waals surface area contributed by atoms with Crippen molar-refractivity contribution in [3.63, 3.8) is 0 Å². The maximum atomic E-state index is 12.4. The largest absolute Gasteiger partial charge is 0.492 e. The maximum absolute atomic E-state index is 12.4. The number of ether oxygens (including phenoxy) is 3. The van der Waals surface area contributed by atoms with Crippen LogP contribution in [0.1, 0.15) is 31.1 Å². The van der Waals surface area contributed by atoms with Gasteiger partial charge in [0, 0.05) is 5.56 Å². The number of rotatable bonds is 8. The molecule has 0 radical (unpaired) electrons. The Bertz CT molecular complexity index is 742. The van der Waals surface area contributed by atoms with E-state index < -0.39 is 12.1 Å². The van der Waals surface area contributed by atoms with Crippen LogP contribution < -0.4 is 14.8 Å². The Morgan fingerprint density at radius 2 is 1.69 bits per heavy atom. The molecule has 6 nitrogen and oxygen atoms in total. The minimum absolute atomic E-state index is 0.262. The van der Waals surface area contributed by atoms with Crippen LogP contribution in [0.5, 0.6) is 11.5 Å². The first-order chi connectivity index (χ1) is 12.5. The number of hydrogen-bond donors (Lipinski definition) is 1. The molecule has 2 aromatic rings. The Hall–Kier alpha value is -3.02. The van der Waals surface area contributed by atoms with Crippen molar-refractivity contribution in [2.75, 3.05) is 18.5 Å². The highest BCUT2D eigenvalue weighted by Crippen LogP contribution is 2.24. The van der Waals surface area contributed by atoms with Crippen LogP contribution in [-0.2, 0) is 9.53 Å². The smallest absolute Gasteiger partial charge is 0.347 e. The SMILES string of the molecule is CCOC(=O)[C@@H](C)Oc1ccc(C(=O)Nc2ccccc2OCC)cc1. The predicted molar refractivity (Wildman–Crippen MR) is 98.7 cm³/mol. The second-order valence-corrected chi connectivity index (χ2v) is 5.42. The molecule has 0 aromatic heterocycles. The molecule has 0 unspecified atom stereocenters. The zero-order valence-electron chi connectivity index (χ0n) is 15.2. The summed E-state index contributed by atoms with van der Waals surface area (Å²) in [6.07, 6.45) is -0.715. The van der Waals surface area contributed by atoms with Crippen molar-refractivity contribution in [2.45, 2.75) is 26.9 Å². The normalized spacial score (nSPS) is 11.3. The second kappa shape index (κ2) is 9.46. The molecule has 1 atom stereocenters. The topological polar surface area (TPSA) is 73.9 Å². The van der Waals surface area contributed by atoms with Crippen LogP contribution in [0.25, 0.3) is 0 Å². The molecule has 0 aliphatic carbocycles. The Morgan fingerprint density at radius 1 is 1.00 bits per heavy atom. The molecule has 0 saturated heterocycles. The lowest BCUT2D eigenvalue weighted by Crippen LogP contribution is -2.26. The molecule has 2 rings (SSSR count). The molecule has 0 heterocycles. The first-order valence-corrected chi connectivity index (χ1v) is 8.51. The van der Waals surface area contributed by atoms with E-state index in [0.717, 1.165) is 0 Å². The summed E-state index contributed by atoms with van der Waals surface area (Å²) in [5, 5.41) is 2.83. The van der Waals surface area contributed by atoms with Crippen molar-refractivity contribution in [2.24, 2.45) is 0 Å². The van der Waals surface area contributed by atoms with Crippen LogP contribution >= 0.6 is 0 Å². The van der Waals surface area contributed by atoms with Gasteiger partial charge in [0.05, 0.1) is 18.9 Å². The van der Waals surface area contributed by atoms with Crippen molar-refractivity contribution in [3.05, 3.63) is 54.1 Å². The Labute approximate surface area is 153 Å². The Kier molecular flexibility index (Phi) is 7.02. The Balaban J connectivity index is 2.02. The van der Waals surface area contributed by atoms with Crippen LogP contribution in [-0.4, -0.2) is 31.2 Å². The van der Waals surface area contributed by atoms with Crippen LogP contribution in [0.2, 0.25) is 0 Å². The van der Waals surface area contributed by atoms with Gasteiger partial charge in [0.1, 0.15) is 11.5 Å². The highest BCUT2D eigenvalue weighted by atomic mass is 16.6. The van der Waals surface area contributed by atoms with Crippen molar-refractivity contribution in [3.8, 4) is 11.5 Å². The summed E-state index contributed by atoms with van der Waals surface area (Å²) in [6.45, 7) is 6.05. The first-order valence-electron chi connectivity index (χ1n) is 8.51. The van der Waals surface area contributed by atoms with E-state index in [1.807, 2.05) is 19.1 Å². The van der Waals surface area contributed by atoms with Crippen LogP contribution in [0.3, 0.4) is 0 Å². The second-order valence-electron chi connectivity index (χ2n) is 5.42. The number of anilines is 1. The average molecular weight is 357 g/mol. The molecule has 2 aromatic carbocycles. The molecule has 138 valence electrons. The number of carbonyl (C=O) groups is 2. The van der Waals surface area contributed by atoms with Crippen molar-refractivity contribution in [1.82, 2.24) is 0 Å². The van der Waals surface area contributed by atoms with E-state index in [1.165, 1.54) is 0 Å². The van der Waals surface area contributed by atoms with Gasteiger partial charge in [-0.1, -0.05) is 12.1 Å². The lowest BCUT2D eigenvalue weighted by molar-refractivity contribution is -0.150. The fourth-order valence-electron chi connectivity index (χ4n) is 2.24. The minimum atomic E-state index is -0.715. The lowest BCUT2D eigenvalue weighted by Gasteiger charge is -2.14. The number of amides is 1. The van der Waals surface area contributed by atoms with Gasteiger partial charge in [0.15, 0.2) is 6.10 Å². The fourth-order valence-corrected chi connectivity index (χ4v) is 2.24. The van der Waals surface area contributed by atoms with E-state index in [4.69, 9.17) is 14.2 Å². The molecule has 26 heavy (non-hydrogen) atoms. The van der Waals surface area contributed by atoms with Gasteiger partial charge in [0.2, 0.25) is 0 Å². The van der Waals surface area contributed by atoms with Gasteiger partial charge < -0.3 is 19.5 Å². The molecule has 1 amide bonds. The molecule has 0 aliphatic heterocycles. The molecule has 0 aliphatic rings. The molecule has 0 bridgehead atoms. The number of nitrogens with one attached hydrogen (secondary N) is 1. The highest BCUT2D eigenvalue weighted by molar-refractivity contribution is 6.05. The van der Waals surface area contributed by atoms with Crippen LogP contribution in [0.15, 0.2) is 48.5 Å².